The van der Waals surface area contributed by atoms with E-state index in [1.807, 2.05) is 17.4 Å². The molecule has 0 aliphatic carbocycles. The van der Waals surface area contributed by atoms with Gasteiger partial charge in [-0.25, -0.2) is 0 Å². The number of hydrogen-bond donors (Lipinski definition) is 0. The molecular formula is C54H35NOS. The predicted molar refractivity (Wildman–Crippen MR) is 242 cm³/mol. The van der Waals surface area contributed by atoms with E-state index in [0.717, 1.165) is 28.4 Å². The van der Waals surface area contributed by atoms with Gasteiger partial charge in [-0.1, -0.05) is 133 Å². The van der Waals surface area contributed by atoms with E-state index in [4.69, 9.17) is 4.42 Å². The average Bonchev–Trinajstić information content (AvgIpc) is 3.94. The second kappa shape index (κ2) is 12.8. The molecule has 12 aromatic rings. The number of furan rings is 1. The zero-order valence-corrected chi connectivity index (χ0v) is 31.8. The number of nitrogens with zero attached hydrogens (tertiary/aromatic N) is 1. The minimum Gasteiger partial charge on any atom is -0.456 e. The highest BCUT2D eigenvalue weighted by atomic mass is 32.1. The van der Waals surface area contributed by atoms with Gasteiger partial charge in [0, 0.05) is 53.3 Å². The van der Waals surface area contributed by atoms with Crippen molar-refractivity contribution in [3.05, 3.63) is 211 Å². The Kier molecular flexibility index (Phi) is 7.26. The van der Waals surface area contributed by atoms with Crippen molar-refractivity contribution in [2.45, 2.75) is 12.3 Å². The van der Waals surface area contributed by atoms with Crippen molar-refractivity contribution in [2.75, 3.05) is 0 Å². The summed E-state index contributed by atoms with van der Waals surface area (Å²) in [5.74, 6) is 0.172. The van der Waals surface area contributed by atoms with Gasteiger partial charge in [-0.15, -0.1) is 11.3 Å². The molecule has 0 fully saturated rings. The third-order valence-electron chi connectivity index (χ3n) is 12.0. The third-order valence-corrected chi connectivity index (χ3v) is 13.1. The molecule has 3 heteroatoms. The van der Waals surface area contributed by atoms with Crippen LogP contribution in [-0.2, 0) is 6.42 Å². The SMILES string of the molecule is c1ccc(C(Cc2cccc(-c3ccc4c(c3)c3cc5ccc6sc7ccccc7c6c5cc3n4-c3ccccc3)c2)c2ccc3c(c2)oc2ccccc23)cc1. The summed E-state index contributed by atoms with van der Waals surface area (Å²) in [5, 5.41) is 10.1. The van der Waals surface area contributed by atoms with Gasteiger partial charge in [-0.3, -0.25) is 0 Å². The van der Waals surface area contributed by atoms with Crippen molar-refractivity contribution < 1.29 is 4.42 Å². The second-order valence-corrected chi connectivity index (χ2v) is 16.3. The Bertz CT molecular complexity index is 3500. The minimum absolute atomic E-state index is 0.172. The summed E-state index contributed by atoms with van der Waals surface area (Å²) in [5.41, 5.74) is 11.8. The van der Waals surface area contributed by atoms with Crippen molar-refractivity contribution in [1.82, 2.24) is 4.57 Å². The van der Waals surface area contributed by atoms with E-state index >= 15 is 0 Å². The first-order chi connectivity index (χ1) is 28.2. The molecule has 3 heterocycles. The molecule has 0 aliphatic heterocycles. The van der Waals surface area contributed by atoms with E-state index in [1.54, 1.807) is 0 Å². The molecule has 12 rings (SSSR count). The van der Waals surface area contributed by atoms with Crippen LogP contribution in [0.5, 0.6) is 0 Å². The van der Waals surface area contributed by atoms with Crippen LogP contribution in [-0.4, -0.2) is 4.57 Å². The van der Waals surface area contributed by atoms with Gasteiger partial charge in [0.25, 0.3) is 0 Å². The molecule has 2 nitrogen and oxygen atoms in total. The fourth-order valence-electron chi connectivity index (χ4n) is 9.28. The van der Waals surface area contributed by atoms with Crippen molar-refractivity contribution in [3.8, 4) is 16.8 Å². The Morgan fingerprint density at radius 3 is 2.09 bits per heavy atom. The van der Waals surface area contributed by atoms with Crippen LogP contribution in [0, 0.1) is 0 Å². The lowest BCUT2D eigenvalue weighted by atomic mass is 9.85. The molecular weight excluding hydrogens is 711 g/mol. The highest BCUT2D eigenvalue weighted by Crippen LogP contribution is 2.43. The number of fused-ring (bicyclic) bond motifs is 11. The van der Waals surface area contributed by atoms with Gasteiger partial charge in [-0.2, -0.15) is 0 Å². The number of hydrogen-bond acceptors (Lipinski definition) is 2. The summed E-state index contributed by atoms with van der Waals surface area (Å²) in [6.45, 7) is 0. The maximum Gasteiger partial charge on any atom is 0.135 e. The number of aromatic nitrogens is 1. The second-order valence-electron chi connectivity index (χ2n) is 15.3. The first-order valence-corrected chi connectivity index (χ1v) is 20.5. The van der Waals surface area contributed by atoms with E-state index in [2.05, 4.69) is 193 Å². The summed E-state index contributed by atoms with van der Waals surface area (Å²) < 4.78 is 11.5. The number of rotatable bonds is 6. The van der Waals surface area contributed by atoms with Gasteiger partial charge in [0.2, 0.25) is 0 Å². The van der Waals surface area contributed by atoms with Gasteiger partial charge in [0.1, 0.15) is 11.2 Å². The van der Waals surface area contributed by atoms with Crippen LogP contribution in [0.3, 0.4) is 0 Å². The van der Waals surface area contributed by atoms with E-state index in [-0.39, 0.29) is 5.92 Å². The summed E-state index contributed by atoms with van der Waals surface area (Å²) >= 11 is 1.88. The molecule has 9 aromatic carbocycles. The molecule has 57 heavy (non-hydrogen) atoms. The predicted octanol–water partition coefficient (Wildman–Crippen LogP) is 15.2. The molecule has 0 N–H and O–H groups in total. The molecule has 1 atom stereocenters. The molecule has 1 unspecified atom stereocenters. The van der Waals surface area contributed by atoms with Gasteiger partial charge < -0.3 is 8.98 Å². The first-order valence-electron chi connectivity index (χ1n) is 19.7. The molecule has 0 amide bonds. The normalized spacial score (nSPS) is 12.6. The Morgan fingerprint density at radius 2 is 1.19 bits per heavy atom. The van der Waals surface area contributed by atoms with Gasteiger partial charge in [0.05, 0.1) is 11.0 Å². The summed E-state index contributed by atoms with van der Waals surface area (Å²) in [6, 6.07) is 71.2. The molecule has 268 valence electrons. The Hall–Kier alpha value is -6.94. The maximum atomic E-state index is 6.36. The molecule has 0 aliphatic rings. The molecule has 3 aromatic heterocycles. The quantitative estimate of drug-likeness (QED) is 0.166. The summed E-state index contributed by atoms with van der Waals surface area (Å²) in [6.07, 6.45) is 0.872. The number of benzene rings is 9. The Morgan fingerprint density at radius 1 is 0.439 bits per heavy atom. The lowest BCUT2D eigenvalue weighted by molar-refractivity contribution is 0.667. The van der Waals surface area contributed by atoms with Crippen LogP contribution >= 0.6 is 11.3 Å². The fourth-order valence-corrected chi connectivity index (χ4v) is 10.4. The molecule has 0 saturated carbocycles. The van der Waals surface area contributed by atoms with E-state index in [0.29, 0.717) is 0 Å². The maximum absolute atomic E-state index is 6.36. The molecule has 0 saturated heterocycles. The molecule has 0 radical (unpaired) electrons. The smallest absolute Gasteiger partial charge is 0.135 e. The minimum atomic E-state index is 0.172. The zero-order chi connectivity index (χ0) is 37.5. The van der Waals surface area contributed by atoms with Crippen LogP contribution in [0.25, 0.3) is 91.5 Å². The van der Waals surface area contributed by atoms with Crippen molar-refractivity contribution in [1.29, 1.82) is 0 Å². The van der Waals surface area contributed by atoms with Gasteiger partial charge in [0.15, 0.2) is 0 Å². The third kappa shape index (κ3) is 5.24. The van der Waals surface area contributed by atoms with Crippen LogP contribution in [0.2, 0.25) is 0 Å². The fraction of sp³-hybridized carbons (Fsp3) is 0.0370. The summed E-state index contributed by atoms with van der Waals surface area (Å²) in [4.78, 5) is 0. The van der Waals surface area contributed by atoms with Gasteiger partial charge in [-0.05, 0) is 106 Å². The highest BCUT2D eigenvalue weighted by molar-refractivity contribution is 7.26. The topological polar surface area (TPSA) is 18.1 Å². The summed E-state index contributed by atoms with van der Waals surface area (Å²) in [7, 11) is 0. The lowest BCUT2D eigenvalue weighted by Gasteiger charge is -2.19. The average molecular weight is 746 g/mol. The largest absolute Gasteiger partial charge is 0.456 e. The standard InChI is InChI=1S/C54H35NOS/c1-3-13-35(14-4-1)44(39-22-25-42-41-18-7-9-20-50(41)56-51(42)32-39)29-34-12-11-15-36(28-34)37-23-26-48-46(30-37)47-31-38-24-27-53-54(43-19-8-10-21-52(43)57-53)45(38)33-49(47)55(48)40-16-5-2-6-17-40/h1-28,30-33,44H,29H2. The highest BCUT2D eigenvalue weighted by Gasteiger charge is 2.20. The number of para-hydroxylation sites is 2. The van der Waals surface area contributed by atoms with Crippen molar-refractivity contribution >= 4 is 86.0 Å². The zero-order valence-electron chi connectivity index (χ0n) is 31.0. The van der Waals surface area contributed by atoms with Crippen molar-refractivity contribution in [2.24, 2.45) is 0 Å². The molecule has 0 spiro atoms. The van der Waals surface area contributed by atoms with E-state index < -0.39 is 0 Å². The van der Waals surface area contributed by atoms with Crippen molar-refractivity contribution in [3.63, 3.8) is 0 Å². The molecule has 0 bridgehead atoms. The van der Waals surface area contributed by atoms with Gasteiger partial charge >= 0.3 is 0 Å². The van der Waals surface area contributed by atoms with Crippen LogP contribution in [0.4, 0.5) is 0 Å². The van der Waals surface area contributed by atoms with Crippen LogP contribution in [0.1, 0.15) is 22.6 Å². The van der Waals surface area contributed by atoms with E-state index in [1.165, 1.54) is 86.3 Å². The monoisotopic (exact) mass is 745 g/mol. The van der Waals surface area contributed by atoms with E-state index in [9.17, 15) is 0 Å². The van der Waals surface area contributed by atoms with Crippen LogP contribution in [0.15, 0.2) is 199 Å². The first kappa shape index (κ1) is 32.3. The van der Waals surface area contributed by atoms with Crippen LogP contribution < -0.4 is 0 Å². The Labute approximate surface area is 333 Å². The Balaban J connectivity index is 0.991. The lowest BCUT2D eigenvalue weighted by Crippen LogP contribution is -2.05. The number of thiophene rings is 1.